The highest BCUT2D eigenvalue weighted by molar-refractivity contribution is 5.92. The molecule has 1 saturated carbocycles. The Labute approximate surface area is 136 Å². The number of benzene rings is 1. The predicted molar refractivity (Wildman–Crippen MR) is 92.5 cm³/mol. The first-order valence-electron chi connectivity index (χ1n) is 8.05. The van der Waals surface area contributed by atoms with E-state index in [2.05, 4.69) is 15.6 Å². The molecule has 5 heteroatoms. The molecule has 120 valence electrons. The molecular formula is C18H22N4O. The Hall–Kier alpha value is -2.40. The minimum Gasteiger partial charge on any atom is -0.340 e. The molecule has 1 aromatic carbocycles. The molecule has 1 heterocycles. The molecule has 2 atom stereocenters. The predicted octanol–water partition coefficient (Wildman–Crippen LogP) is 3.28. The second kappa shape index (κ2) is 7.24. The van der Waals surface area contributed by atoms with Crippen LogP contribution in [-0.2, 0) is 4.79 Å². The van der Waals surface area contributed by atoms with E-state index in [9.17, 15) is 4.79 Å². The van der Waals surface area contributed by atoms with Gasteiger partial charge in [0.2, 0.25) is 5.91 Å². The lowest BCUT2D eigenvalue weighted by Gasteiger charge is -2.25. The highest BCUT2D eigenvalue weighted by Gasteiger charge is 2.25. The topological polar surface area (TPSA) is 80.0 Å². The summed E-state index contributed by atoms with van der Waals surface area (Å²) in [5.41, 5.74) is 7.64. The van der Waals surface area contributed by atoms with Crippen molar-refractivity contribution >= 4 is 23.1 Å². The molecule has 1 aromatic heterocycles. The normalized spacial score (nSPS) is 20.7. The van der Waals surface area contributed by atoms with Crippen molar-refractivity contribution in [2.75, 3.05) is 10.6 Å². The average molecular weight is 310 g/mol. The third-order valence-corrected chi connectivity index (χ3v) is 4.16. The van der Waals surface area contributed by atoms with Crippen LogP contribution in [0.5, 0.6) is 0 Å². The monoisotopic (exact) mass is 310 g/mol. The van der Waals surface area contributed by atoms with Gasteiger partial charge in [0.25, 0.3) is 0 Å². The lowest BCUT2D eigenvalue weighted by Crippen LogP contribution is -2.34. The summed E-state index contributed by atoms with van der Waals surface area (Å²) in [6.07, 6.45) is 5.40. The fraction of sp³-hybridized carbons (Fsp3) is 0.333. The number of anilines is 3. The molecule has 0 bridgehead atoms. The standard InChI is InChI=1S/C18H22N4O/c19-14-6-4-5-13(11-14)18(23)22-16-9-10-17(20-12-16)21-15-7-2-1-3-8-15/h1-3,7-10,12-14H,4-6,11,19H2,(H,20,21)(H,22,23). The van der Waals surface area contributed by atoms with Crippen LogP contribution < -0.4 is 16.4 Å². The van der Waals surface area contributed by atoms with Gasteiger partial charge in [-0.1, -0.05) is 24.6 Å². The Morgan fingerprint density at radius 3 is 2.61 bits per heavy atom. The zero-order valence-corrected chi connectivity index (χ0v) is 13.0. The van der Waals surface area contributed by atoms with E-state index >= 15 is 0 Å². The SMILES string of the molecule is NC1CCCC(C(=O)Nc2ccc(Nc3ccccc3)nc2)C1. The molecule has 2 aromatic rings. The van der Waals surface area contributed by atoms with Gasteiger partial charge in [-0.25, -0.2) is 4.98 Å². The first kappa shape index (κ1) is 15.5. The van der Waals surface area contributed by atoms with Crippen molar-refractivity contribution in [1.29, 1.82) is 0 Å². The summed E-state index contributed by atoms with van der Waals surface area (Å²) in [5, 5.41) is 6.15. The van der Waals surface area contributed by atoms with Crippen LogP contribution in [-0.4, -0.2) is 16.9 Å². The molecule has 1 amide bonds. The Balaban J connectivity index is 1.58. The molecule has 0 radical (unpaired) electrons. The number of amides is 1. The number of hydrogen-bond donors (Lipinski definition) is 3. The fourth-order valence-corrected chi connectivity index (χ4v) is 2.92. The Morgan fingerprint density at radius 2 is 1.91 bits per heavy atom. The van der Waals surface area contributed by atoms with Crippen molar-refractivity contribution in [1.82, 2.24) is 4.98 Å². The summed E-state index contributed by atoms with van der Waals surface area (Å²) in [7, 11) is 0. The molecule has 0 aliphatic heterocycles. The molecule has 23 heavy (non-hydrogen) atoms. The van der Waals surface area contributed by atoms with Crippen molar-refractivity contribution in [3.8, 4) is 0 Å². The van der Waals surface area contributed by atoms with E-state index in [4.69, 9.17) is 5.73 Å². The molecule has 2 unspecified atom stereocenters. The van der Waals surface area contributed by atoms with Crippen LogP contribution in [0.4, 0.5) is 17.2 Å². The second-order valence-electron chi connectivity index (χ2n) is 6.04. The van der Waals surface area contributed by atoms with Crippen molar-refractivity contribution in [2.24, 2.45) is 11.7 Å². The van der Waals surface area contributed by atoms with Gasteiger partial charge in [0, 0.05) is 17.6 Å². The molecule has 1 aliphatic carbocycles. The summed E-state index contributed by atoms with van der Waals surface area (Å²) in [5.74, 6) is 0.806. The number of nitrogens with zero attached hydrogens (tertiary/aromatic N) is 1. The summed E-state index contributed by atoms with van der Waals surface area (Å²) >= 11 is 0. The van der Waals surface area contributed by atoms with E-state index in [1.54, 1.807) is 6.20 Å². The van der Waals surface area contributed by atoms with Crippen molar-refractivity contribution < 1.29 is 4.79 Å². The average Bonchev–Trinajstić information content (AvgIpc) is 2.57. The number of aromatic nitrogens is 1. The number of para-hydroxylation sites is 1. The van der Waals surface area contributed by atoms with E-state index in [0.717, 1.165) is 37.2 Å². The van der Waals surface area contributed by atoms with Gasteiger partial charge in [-0.2, -0.15) is 0 Å². The van der Waals surface area contributed by atoms with Crippen LogP contribution in [0, 0.1) is 5.92 Å². The zero-order valence-electron chi connectivity index (χ0n) is 13.0. The second-order valence-corrected chi connectivity index (χ2v) is 6.04. The first-order valence-corrected chi connectivity index (χ1v) is 8.05. The van der Waals surface area contributed by atoms with Gasteiger partial charge in [-0.3, -0.25) is 4.79 Å². The summed E-state index contributed by atoms with van der Waals surface area (Å²) in [6, 6.07) is 13.7. The zero-order chi connectivity index (χ0) is 16.1. The van der Waals surface area contributed by atoms with Gasteiger partial charge in [0.15, 0.2) is 0 Å². The number of hydrogen-bond acceptors (Lipinski definition) is 4. The number of nitrogens with one attached hydrogen (secondary N) is 2. The molecular weight excluding hydrogens is 288 g/mol. The highest BCUT2D eigenvalue weighted by Crippen LogP contribution is 2.24. The Bertz CT molecular complexity index is 642. The molecule has 0 spiro atoms. The maximum Gasteiger partial charge on any atom is 0.227 e. The number of nitrogens with two attached hydrogens (primary N) is 1. The van der Waals surface area contributed by atoms with Gasteiger partial charge < -0.3 is 16.4 Å². The summed E-state index contributed by atoms with van der Waals surface area (Å²) in [4.78, 5) is 16.6. The van der Waals surface area contributed by atoms with Crippen molar-refractivity contribution in [3.63, 3.8) is 0 Å². The van der Waals surface area contributed by atoms with Crippen LogP contribution in [0.15, 0.2) is 48.7 Å². The van der Waals surface area contributed by atoms with Crippen molar-refractivity contribution in [2.45, 2.75) is 31.7 Å². The van der Waals surface area contributed by atoms with Crippen LogP contribution in [0.2, 0.25) is 0 Å². The van der Waals surface area contributed by atoms with E-state index in [1.807, 2.05) is 42.5 Å². The van der Waals surface area contributed by atoms with E-state index in [-0.39, 0.29) is 17.9 Å². The Kier molecular flexibility index (Phi) is 4.88. The van der Waals surface area contributed by atoms with E-state index < -0.39 is 0 Å². The molecule has 1 aliphatic rings. The summed E-state index contributed by atoms with van der Waals surface area (Å²) < 4.78 is 0. The fourth-order valence-electron chi connectivity index (χ4n) is 2.92. The largest absolute Gasteiger partial charge is 0.340 e. The first-order chi connectivity index (χ1) is 11.2. The van der Waals surface area contributed by atoms with Crippen LogP contribution in [0.25, 0.3) is 0 Å². The minimum absolute atomic E-state index is 0.0147. The smallest absolute Gasteiger partial charge is 0.227 e. The van der Waals surface area contributed by atoms with Gasteiger partial charge in [0.1, 0.15) is 5.82 Å². The lowest BCUT2D eigenvalue weighted by molar-refractivity contribution is -0.120. The van der Waals surface area contributed by atoms with Crippen molar-refractivity contribution in [3.05, 3.63) is 48.7 Å². The molecule has 5 nitrogen and oxygen atoms in total. The highest BCUT2D eigenvalue weighted by atomic mass is 16.1. The molecule has 0 saturated heterocycles. The van der Waals surface area contributed by atoms with Crippen LogP contribution in [0.3, 0.4) is 0 Å². The number of carbonyl (C=O) groups excluding carboxylic acids is 1. The quantitative estimate of drug-likeness (QED) is 0.809. The van der Waals surface area contributed by atoms with Gasteiger partial charge in [0.05, 0.1) is 11.9 Å². The maximum atomic E-state index is 12.3. The number of rotatable bonds is 4. The third-order valence-electron chi connectivity index (χ3n) is 4.16. The van der Waals surface area contributed by atoms with E-state index in [0.29, 0.717) is 5.69 Å². The number of carbonyl (C=O) groups is 1. The number of pyridine rings is 1. The lowest BCUT2D eigenvalue weighted by atomic mass is 9.85. The van der Waals surface area contributed by atoms with E-state index in [1.165, 1.54) is 0 Å². The van der Waals surface area contributed by atoms with Crippen LogP contribution >= 0.6 is 0 Å². The van der Waals surface area contributed by atoms with Gasteiger partial charge in [-0.05, 0) is 43.5 Å². The van der Waals surface area contributed by atoms with Crippen LogP contribution in [0.1, 0.15) is 25.7 Å². The molecule has 1 fully saturated rings. The van der Waals surface area contributed by atoms with Gasteiger partial charge >= 0.3 is 0 Å². The molecule has 4 N–H and O–H groups in total. The summed E-state index contributed by atoms with van der Waals surface area (Å²) in [6.45, 7) is 0. The maximum absolute atomic E-state index is 12.3. The third kappa shape index (κ3) is 4.29. The van der Waals surface area contributed by atoms with Gasteiger partial charge in [-0.15, -0.1) is 0 Å². The Morgan fingerprint density at radius 1 is 1.09 bits per heavy atom. The minimum atomic E-state index is 0.0147. The molecule has 3 rings (SSSR count).